The van der Waals surface area contributed by atoms with E-state index in [9.17, 15) is 118 Å². The highest BCUT2D eigenvalue weighted by Crippen LogP contribution is 2.75. The number of rotatable bonds is 13. The lowest BCUT2D eigenvalue weighted by atomic mass is 9.64. The molecule has 0 bridgehead atoms. The third kappa shape index (κ3) is 4.92. The summed E-state index contributed by atoms with van der Waals surface area (Å²) < 4.78 is 365. The van der Waals surface area contributed by atoms with Gasteiger partial charge in [0, 0.05) is 0 Å². The summed E-state index contributed by atoms with van der Waals surface area (Å²) in [6.45, 7) is -3.34. The molecule has 1 rings (SSSR count). The van der Waals surface area contributed by atoms with Gasteiger partial charge in [-0.05, 0) is 25.4 Å². The second kappa shape index (κ2) is 10.2. The molecule has 0 radical (unpaired) electrons. The molecule has 1 aliphatic carbocycles. The highest BCUT2D eigenvalue weighted by atomic mass is 35.5. The molecule has 47 heavy (non-hydrogen) atoms. The lowest BCUT2D eigenvalue weighted by Crippen LogP contribution is -2.91. The van der Waals surface area contributed by atoms with Crippen LogP contribution in [0.3, 0.4) is 0 Å². The smallest absolute Gasteiger partial charge is 0.229 e. The van der Waals surface area contributed by atoms with Gasteiger partial charge >= 0.3 is 81.0 Å². The van der Waals surface area contributed by atoms with E-state index in [1.54, 1.807) is 4.18 Å². The fourth-order valence-corrected chi connectivity index (χ4v) is 4.04. The lowest BCUT2D eigenvalue weighted by Gasteiger charge is -2.57. The molecule has 0 spiro atoms. The van der Waals surface area contributed by atoms with Crippen molar-refractivity contribution in [2.24, 2.45) is 0 Å². The summed E-state index contributed by atoms with van der Waals surface area (Å²) in [7, 11) is -8.61. The van der Waals surface area contributed by atoms with Crippen LogP contribution in [0.1, 0.15) is 13.8 Å². The monoisotopic (exact) mass is 804 g/mol. The predicted molar refractivity (Wildman–Crippen MR) is 94.2 cm³/mol. The van der Waals surface area contributed by atoms with E-state index < -0.39 is 106 Å². The Morgan fingerprint density at radius 1 is 0.468 bits per heavy atom. The fourth-order valence-electron chi connectivity index (χ4n) is 3.11. The van der Waals surface area contributed by atoms with E-state index in [4.69, 9.17) is 0 Å². The van der Waals surface area contributed by atoms with Crippen molar-refractivity contribution >= 4 is 22.0 Å². The molecule has 31 heteroatoms. The molecule has 4 nitrogen and oxygen atoms in total. The van der Waals surface area contributed by atoms with Gasteiger partial charge in [0.1, 0.15) is 0 Å². The second-order valence-electron chi connectivity index (χ2n) is 9.37. The minimum Gasteiger partial charge on any atom is -0.229 e. The van der Waals surface area contributed by atoms with Crippen LogP contribution in [0.5, 0.6) is 0 Å². The molecule has 1 aliphatic rings. The summed E-state index contributed by atoms with van der Waals surface area (Å²) in [6.07, 6.45) is -16.2. The zero-order valence-electron chi connectivity index (χ0n) is 20.9. The van der Waals surface area contributed by atoms with Gasteiger partial charge in [-0.1, -0.05) is 0 Å². The van der Waals surface area contributed by atoms with Gasteiger partial charge in [0.05, 0.1) is 0 Å². The molecule has 0 N–H and O–H groups in total. The van der Waals surface area contributed by atoms with Crippen LogP contribution < -0.4 is 0 Å². The molecule has 0 saturated heterocycles. The Balaban J connectivity index is 3.64. The van der Waals surface area contributed by atoms with Gasteiger partial charge in [0.15, 0.2) is 0 Å². The van der Waals surface area contributed by atoms with Crippen LogP contribution >= 0.6 is 11.6 Å². The molecule has 0 aromatic heterocycles. The van der Waals surface area contributed by atoms with Gasteiger partial charge in [-0.15, -0.1) is 0 Å². The van der Waals surface area contributed by atoms with Gasteiger partial charge < -0.3 is 0 Å². The highest BCUT2D eigenvalue weighted by Gasteiger charge is 3.09. The molecule has 0 aliphatic heterocycles. The Bertz CT molecular complexity index is 1310. The molecule has 1 fully saturated rings. The summed E-state index contributed by atoms with van der Waals surface area (Å²) in [5.74, 6) is -64.8. The van der Waals surface area contributed by atoms with Crippen molar-refractivity contribution in [1.29, 1.82) is 0 Å². The molecular formula is C16H6ClF25O4S. The maximum absolute atomic E-state index is 14.4. The summed E-state index contributed by atoms with van der Waals surface area (Å²) >= 11 is 3.71. The Morgan fingerprint density at radius 3 is 1.09 bits per heavy atom. The van der Waals surface area contributed by atoms with Crippen LogP contribution in [0.4, 0.5) is 110 Å². The topological polar surface area (TPSA) is 52.6 Å². The quantitative estimate of drug-likeness (QED) is 0.139. The summed E-state index contributed by atoms with van der Waals surface area (Å²) in [6, 6.07) is 0. The molecule has 1 saturated carbocycles. The van der Waals surface area contributed by atoms with Crippen LogP contribution in [0, 0.1) is 0 Å². The molecule has 2 atom stereocenters. The summed E-state index contributed by atoms with van der Waals surface area (Å²) in [5, 5.41) is -6.39. The molecule has 0 aromatic rings. The largest absolute Gasteiger partial charge is 0.441 e. The zero-order valence-corrected chi connectivity index (χ0v) is 22.4. The molecule has 0 unspecified atom stereocenters. The maximum Gasteiger partial charge on any atom is 0.441 e. The zero-order chi connectivity index (χ0) is 38.9. The van der Waals surface area contributed by atoms with Crippen molar-refractivity contribution < 1.29 is 127 Å². The number of hydrogen-bond acceptors (Lipinski definition) is 4. The second-order valence-corrected chi connectivity index (χ2v) is 11.0. The van der Waals surface area contributed by atoms with Crippen molar-refractivity contribution in [3.63, 3.8) is 0 Å². The van der Waals surface area contributed by atoms with E-state index >= 15 is 0 Å². The highest BCUT2D eigenvalue weighted by molar-refractivity contribution is 7.81. The van der Waals surface area contributed by atoms with Crippen molar-refractivity contribution in [2.75, 3.05) is 0 Å². The Kier molecular flexibility index (Phi) is 9.46. The van der Waals surface area contributed by atoms with Gasteiger partial charge in [-0.2, -0.15) is 113 Å². The van der Waals surface area contributed by atoms with Crippen molar-refractivity contribution in [2.45, 2.75) is 95.8 Å². The minimum absolute atomic E-state index is 1.43. The van der Waals surface area contributed by atoms with E-state index in [0.717, 1.165) is 0 Å². The first-order valence-electron chi connectivity index (χ1n) is 10.2. The van der Waals surface area contributed by atoms with Crippen molar-refractivity contribution in [3.05, 3.63) is 0 Å². The molecule has 0 heterocycles. The number of hydrogen-bond donors (Lipinski definition) is 0. The molecule has 0 aromatic carbocycles. The van der Waals surface area contributed by atoms with Crippen LogP contribution in [0.15, 0.2) is 0 Å². The normalized spacial score (nSPS) is 23.8. The van der Waals surface area contributed by atoms with Crippen molar-refractivity contribution in [1.82, 2.24) is 0 Å². The third-order valence-electron chi connectivity index (χ3n) is 6.31. The van der Waals surface area contributed by atoms with E-state index in [0.29, 0.717) is 0 Å². The Hall–Kier alpha value is -1.59. The standard InChI is InChI=1S/C16H6ClF25O4S/c1-3(18,14(17,37)38)6(21,22)11(31,32)7(23,24)4(2,19)15(39,40)45-47(43,44)46-16(41,42)13(35,36)10(29,30)5(20)8(25,26)12(33,34)9(5,27)28/h1-2H3/t3-,4-/m0/s1. The molecular weight excluding hydrogens is 799 g/mol. The average molecular weight is 805 g/mol. The van der Waals surface area contributed by atoms with Crippen LogP contribution in [-0.4, -0.2) is 90.4 Å². The van der Waals surface area contributed by atoms with Crippen LogP contribution in [0.25, 0.3) is 0 Å². The summed E-state index contributed by atoms with van der Waals surface area (Å²) in [5.41, 5.74) is -22.0. The van der Waals surface area contributed by atoms with E-state index in [1.807, 2.05) is 0 Å². The van der Waals surface area contributed by atoms with Gasteiger partial charge in [-0.25, -0.2) is 13.2 Å². The predicted octanol–water partition coefficient (Wildman–Crippen LogP) is 8.54. The minimum atomic E-state index is -8.74. The molecule has 0 amide bonds. The average Bonchev–Trinajstić information content (AvgIpc) is 2.79. The third-order valence-corrected chi connectivity index (χ3v) is 7.49. The molecule has 282 valence electrons. The first kappa shape index (κ1) is 43.4. The number of halogens is 26. The van der Waals surface area contributed by atoms with Gasteiger partial charge in [0.2, 0.25) is 0 Å². The summed E-state index contributed by atoms with van der Waals surface area (Å²) in [4.78, 5) is 0. The van der Waals surface area contributed by atoms with Crippen molar-refractivity contribution in [3.8, 4) is 0 Å². The van der Waals surface area contributed by atoms with Gasteiger partial charge in [-0.3, -0.25) is 0 Å². The Morgan fingerprint density at radius 2 is 0.766 bits per heavy atom. The fraction of sp³-hybridized carbons (Fsp3) is 1.00. The Labute approximate surface area is 245 Å². The lowest BCUT2D eigenvalue weighted by molar-refractivity contribution is -0.531. The first-order chi connectivity index (χ1) is 19.7. The SMILES string of the molecule is C[C@@](F)(C(F)(F)Cl)C(F)(F)C(F)(F)C(F)(F)[C@](C)(F)C(F)(F)OS(=O)(=O)OC(F)(F)C(F)(F)C(F)(F)C1(F)C(F)(F)C(F)(F)C1(F)F. The van der Waals surface area contributed by atoms with Gasteiger partial charge in [0.25, 0.3) is 11.3 Å². The van der Waals surface area contributed by atoms with E-state index in [-0.39, 0.29) is 0 Å². The van der Waals surface area contributed by atoms with Crippen LogP contribution in [0.2, 0.25) is 0 Å². The first-order valence-corrected chi connectivity index (χ1v) is 11.9. The van der Waals surface area contributed by atoms with E-state index in [1.165, 1.54) is 4.18 Å². The van der Waals surface area contributed by atoms with E-state index in [2.05, 4.69) is 11.6 Å². The van der Waals surface area contributed by atoms with Crippen LogP contribution in [-0.2, 0) is 18.8 Å². The number of alkyl halides is 26. The maximum atomic E-state index is 14.4.